The summed E-state index contributed by atoms with van der Waals surface area (Å²) in [4.78, 5) is 15.3. The van der Waals surface area contributed by atoms with Crippen molar-refractivity contribution in [2.24, 2.45) is 0 Å². The van der Waals surface area contributed by atoms with Gasteiger partial charge in [-0.3, -0.25) is 0 Å². The highest BCUT2D eigenvalue weighted by atomic mass is 16.3. The Hall–Kier alpha value is -9.26. The molecule has 0 saturated carbocycles. The average molecular weight is 870 g/mol. The van der Waals surface area contributed by atoms with E-state index in [4.69, 9.17) is 24.5 Å². The highest BCUT2D eigenvalue weighted by Gasteiger charge is 2.25. The van der Waals surface area contributed by atoms with Crippen molar-refractivity contribution in [2.75, 3.05) is 0 Å². The number of para-hydroxylation sites is 2. The minimum atomic E-state index is 0.590. The van der Waals surface area contributed by atoms with E-state index in [-0.39, 0.29) is 0 Å². The van der Waals surface area contributed by atoms with Gasteiger partial charge in [-0.2, -0.15) is 5.10 Å². The lowest BCUT2D eigenvalue weighted by molar-refractivity contribution is 0.670. The Bertz CT molecular complexity index is 3980. The van der Waals surface area contributed by atoms with Crippen LogP contribution in [0.15, 0.2) is 241 Å². The molecule has 6 nitrogen and oxygen atoms in total. The van der Waals surface area contributed by atoms with E-state index in [0.717, 1.165) is 111 Å². The number of furan rings is 1. The smallest absolute Gasteiger partial charge is 0.164 e. The molecule has 0 saturated heterocycles. The van der Waals surface area contributed by atoms with Gasteiger partial charge in [-0.25, -0.2) is 19.5 Å². The molecule has 9 aromatic carbocycles. The minimum absolute atomic E-state index is 0.590. The third kappa shape index (κ3) is 6.66. The SMILES string of the molecule is c1ccc(-c2nc(-c3ccc(-c4c(-c5ccccc5)n5nc(-c6ccccc6)c(-c6ccccc6)c5c5ccccc45)cc3)nc(-c3ccc(-c4cccc5c4oc4ccccc45)cc3)n2)cc1. The first-order chi connectivity index (χ1) is 33.7. The van der Waals surface area contributed by atoms with Crippen LogP contribution in [-0.4, -0.2) is 24.6 Å². The summed E-state index contributed by atoms with van der Waals surface area (Å²) < 4.78 is 8.57. The molecule has 0 aliphatic heterocycles. The molecule has 13 rings (SSSR count). The summed E-state index contributed by atoms with van der Waals surface area (Å²) >= 11 is 0. The van der Waals surface area contributed by atoms with Crippen molar-refractivity contribution in [1.82, 2.24) is 24.6 Å². The average Bonchev–Trinajstić information content (AvgIpc) is 4.02. The van der Waals surface area contributed by atoms with E-state index in [9.17, 15) is 0 Å². The van der Waals surface area contributed by atoms with Gasteiger partial charge in [-0.1, -0.05) is 231 Å². The fraction of sp³-hybridized carbons (Fsp3) is 0. The molecule has 4 aromatic heterocycles. The predicted molar refractivity (Wildman–Crippen MR) is 277 cm³/mol. The third-order valence-corrected chi connectivity index (χ3v) is 12.9. The maximum Gasteiger partial charge on any atom is 0.164 e. The molecule has 4 heterocycles. The van der Waals surface area contributed by atoms with E-state index in [1.807, 2.05) is 48.5 Å². The van der Waals surface area contributed by atoms with Crippen LogP contribution in [0.1, 0.15) is 0 Å². The number of hydrogen-bond donors (Lipinski definition) is 0. The Balaban J connectivity index is 0.960. The second-order valence-corrected chi connectivity index (χ2v) is 17.0. The zero-order chi connectivity index (χ0) is 45.0. The van der Waals surface area contributed by atoms with Gasteiger partial charge in [0.05, 0.1) is 11.2 Å². The lowest BCUT2D eigenvalue weighted by Crippen LogP contribution is -2.01. The van der Waals surface area contributed by atoms with Gasteiger partial charge < -0.3 is 4.42 Å². The summed E-state index contributed by atoms with van der Waals surface area (Å²) in [6.07, 6.45) is 0. The van der Waals surface area contributed by atoms with Crippen LogP contribution in [0.3, 0.4) is 0 Å². The number of hydrogen-bond acceptors (Lipinski definition) is 5. The number of pyridine rings is 1. The van der Waals surface area contributed by atoms with Crippen LogP contribution >= 0.6 is 0 Å². The van der Waals surface area contributed by atoms with Gasteiger partial charge in [-0.05, 0) is 28.1 Å². The van der Waals surface area contributed by atoms with Crippen molar-refractivity contribution >= 4 is 38.2 Å². The summed E-state index contributed by atoms with van der Waals surface area (Å²) in [5.74, 6) is 1.79. The Kier molecular flexibility index (Phi) is 9.39. The van der Waals surface area contributed by atoms with Crippen LogP contribution in [0, 0.1) is 0 Å². The molecule has 0 radical (unpaired) electrons. The second-order valence-electron chi connectivity index (χ2n) is 17.0. The molecule has 0 aliphatic carbocycles. The minimum Gasteiger partial charge on any atom is -0.455 e. The maximum atomic E-state index is 6.39. The van der Waals surface area contributed by atoms with Crippen LogP contribution in [-0.2, 0) is 0 Å². The summed E-state index contributed by atoms with van der Waals surface area (Å²) in [5.41, 5.74) is 16.0. The van der Waals surface area contributed by atoms with Gasteiger partial charge in [0, 0.05) is 60.7 Å². The van der Waals surface area contributed by atoms with E-state index in [2.05, 4.69) is 193 Å². The Labute approximate surface area is 392 Å². The first-order valence-electron chi connectivity index (χ1n) is 22.8. The lowest BCUT2D eigenvalue weighted by atomic mass is 9.91. The second kappa shape index (κ2) is 16.3. The van der Waals surface area contributed by atoms with E-state index < -0.39 is 0 Å². The van der Waals surface area contributed by atoms with Gasteiger partial charge in [0.25, 0.3) is 0 Å². The third-order valence-electron chi connectivity index (χ3n) is 12.9. The van der Waals surface area contributed by atoms with Crippen LogP contribution in [0.25, 0.3) is 128 Å². The van der Waals surface area contributed by atoms with Crippen molar-refractivity contribution in [3.63, 3.8) is 0 Å². The van der Waals surface area contributed by atoms with Crippen molar-refractivity contribution in [3.8, 4) is 90.1 Å². The molecule has 0 unspecified atom stereocenters. The van der Waals surface area contributed by atoms with Crippen LogP contribution in [0.5, 0.6) is 0 Å². The molecule has 0 atom stereocenters. The predicted octanol–water partition coefficient (Wildman–Crippen LogP) is 15.9. The quantitative estimate of drug-likeness (QED) is 0.152. The van der Waals surface area contributed by atoms with Gasteiger partial charge in [0.15, 0.2) is 17.5 Å². The Morgan fingerprint density at radius 1 is 0.309 bits per heavy atom. The van der Waals surface area contributed by atoms with Crippen molar-refractivity contribution in [1.29, 1.82) is 0 Å². The fourth-order valence-corrected chi connectivity index (χ4v) is 9.71. The highest BCUT2D eigenvalue weighted by molar-refractivity contribution is 6.15. The molecule has 0 spiro atoms. The molecule has 318 valence electrons. The number of nitrogens with zero attached hydrogens (tertiary/aromatic N) is 5. The molecule has 6 heteroatoms. The van der Waals surface area contributed by atoms with Gasteiger partial charge >= 0.3 is 0 Å². The standard InChI is InChI=1S/C62H39N5O/c1-5-18-41(19-6-1)55-56(43-20-7-2-8-21-43)66-67-57(44-22-9-3-10-23-44)54(50-27-13-14-28-51(50)58(55)67)42-34-38-47(39-35-42)62-64-60(45-24-11-4-12-25-45)63-61(65-62)46-36-32-40(33-37-46)48-29-17-30-52-49-26-15-16-31-53(49)68-59(48)52/h1-39H. The van der Waals surface area contributed by atoms with E-state index >= 15 is 0 Å². The first kappa shape index (κ1) is 39.1. The van der Waals surface area contributed by atoms with Crippen LogP contribution in [0.4, 0.5) is 0 Å². The van der Waals surface area contributed by atoms with E-state index in [1.54, 1.807) is 0 Å². The Morgan fingerprint density at radius 3 is 1.37 bits per heavy atom. The topological polar surface area (TPSA) is 69.1 Å². The highest BCUT2D eigenvalue weighted by Crippen LogP contribution is 2.46. The molecule has 0 N–H and O–H groups in total. The molecule has 0 fully saturated rings. The zero-order valence-electron chi connectivity index (χ0n) is 36.7. The van der Waals surface area contributed by atoms with Crippen LogP contribution in [0.2, 0.25) is 0 Å². The van der Waals surface area contributed by atoms with E-state index in [1.165, 1.54) is 0 Å². The summed E-state index contributed by atoms with van der Waals surface area (Å²) in [6.45, 7) is 0. The molecule has 68 heavy (non-hydrogen) atoms. The summed E-state index contributed by atoms with van der Waals surface area (Å²) in [7, 11) is 0. The molecule has 0 aliphatic rings. The largest absolute Gasteiger partial charge is 0.455 e. The van der Waals surface area contributed by atoms with E-state index in [0.29, 0.717) is 17.5 Å². The van der Waals surface area contributed by atoms with Gasteiger partial charge in [0.1, 0.15) is 16.9 Å². The molecule has 0 amide bonds. The zero-order valence-corrected chi connectivity index (χ0v) is 36.7. The van der Waals surface area contributed by atoms with Crippen molar-refractivity contribution in [3.05, 3.63) is 237 Å². The number of fused-ring (bicyclic) bond motifs is 6. The van der Waals surface area contributed by atoms with Crippen molar-refractivity contribution < 1.29 is 4.42 Å². The molecular weight excluding hydrogens is 831 g/mol. The fourth-order valence-electron chi connectivity index (χ4n) is 9.71. The first-order valence-corrected chi connectivity index (χ1v) is 22.8. The number of rotatable bonds is 8. The summed E-state index contributed by atoms with van der Waals surface area (Å²) in [5, 5.41) is 10.0. The monoisotopic (exact) mass is 869 g/mol. The molecule has 0 bridgehead atoms. The Morgan fingerprint density at radius 2 is 0.750 bits per heavy atom. The molecule has 13 aromatic rings. The van der Waals surface area contributed by atoms with Crippen LogP contribution < -0.4 is 0 Å². The lowest BCUT2D eigenvalue weighted by Gasteiger charge is -2.18. The van der Waals surface area contributed by atoms with Crippen molar-refractivity contribution in [2.45, 2.75) is 0 Å². The maximum absolute atomic E-state index is 6.39. The van der Waals surface area contributed by atoms with Gasteiger partial charge in [0.2, 0.25) is 0 Å². The number of benzene rings is 9. The summed E-state index contributed by atoms with van der Waals surface area (Å²) in [6, 6.07) is 82.1. The molecular formula is C62H39N5O. The van der Waals surface area contributed by atoms with Gasteiger partial charge in [-0.15, -0.1) is 0 Å². The number of aromatic nitrogens is 5. The normalized spacial score (nSPS) is 11.5.